The predicted molar refractivity (Wildman–Crippen MR) is 115 cm³/mol. The quantitative estimate of drug-likeness (QED) is 0.651. The lowest BCUT2D eigenvalue weighted by Crippen LogP contribution is -2.38. The Morgan fingerprint density at radius 2 is 1.55 bits per heavy atom. The summed E-state index contributed by atoms with van der Waals surface area (Å²) in [5.41, 5.74) is 3.69. The van der Waals surface area contributed by atoms with E-state index in [4.69, 9.17) is 9.47 Å². The van der Waals surface area contributed by atoms with Gasteiger partial charge in [-0.05, 0) is 43.0 Å². The van der Waals surface area contributed by atoms with Crippen LogP contribution in [-0.4, -0.2) is 41.9 Å². The molecule has 0 bridgehead atoms. The Kier molecular flexibility index (Phi) is 6.63. The van der Waals surface area contributed by atoms with Crippen LogP contribution in [0.1, 0.15) is 44.2 Å². The molecule has 2 aromatic rings. The molecule has 164 valence electrons. The van der Waals surface area contributed by atoms with Crippen LogP contribution in [0.5, 0.6) is 0 Å². The van der Waals surface area contributed by atoms with Crippen LogP contribution in [0.25, 0.3) is 11.1 Å². The second-order valence-corrected chi connectivity index (χ2v) is 8.53. The van der Waals surface area contributed by atoms with Gasteiger partial charge in [0.15, 0.2) is 0 Å². The summed E-state index contributed by atoms with van der Waals surface area (Å²) in [6, 6.07) is 15.9. The molecule has 2 N–H and O–H groups in total. The summed E-state index contributed by atoms with van der Waals surface area (Å²) in [5, 5.41) is 11.8. The van der Waals surface area contributed by atoms with Gasteiger partial charge in [-0.3, -0.25) is 9.59 Å². The fraction of sp³-hybridized carbons (Fsp3) is 0.375. The van der Waals surface area contributed by atoms with E-state index >= 15 is 0 Å². The summed E-state index contributed by atoms with van der Waals surface area (Å²) in [7, 11) is 0. The smallest absolute Gasteiger partial charge is 0.407 e. The maximum atomic E-state index is 12.4. The lowest BCUT2D eigenvalue weighted by molar-refractivity contribution is -0.151. The average Bonchev–Trinajstić information content (AvgIpc) is 3.02. The zero-order valence-electron chi connectivity index (χ0n) is 17.9. The third kappa shape index (κ3) is 5.63. The lowest BCUT2D eigenvalue weighted by atomic mass is 9.98. The summed E-state index contributed by atoms with van der Waals surface area (Å²) in [4.78, 5) is 35.7. The van der Waals surface area contributed by atoms with Crippen LogP contribution in [0.2, 0.25) is 0 Å². The number of amides is 1. The van der Waals surface area contributed by atoms with E-state index in [2.05, 4.69) is 5.32 Å². The third-order valence-corrected chi connectivity index (χ3v) is 5.03. The Balaban J connectivity index is 1.59. The van der Waals surface area contributed by atoms with E-state index in [-0.39, 0.29) is 25.5 Å². The van der Waals surface area contributed by atoms with Gasteiger partial charge in [-0.15, -0.1) is 0 Å². The van der Waals surface area contributed by atoms with Gasteiger partial charge in [0.05, 0.1) is 12.3 Å². The van der Waals surface area contributed by atoms with Crippen molar-refractivity contribution in [2.75, 3.05) is 13.2 Å². The van der Waals surface area contributed by atoms with Crippen molar-refractivity contribution < 1.29 is 29.0 Å². The van der Waals surface area contributed by atoms with Gasteiger partial charge in [0.1, 0.15) is 12.2 Å². The molecule has 0 spiro atoms. The number of nitrogens with one attached hydrogen (secondary N) is 1. The molecule has 1 amide bonds. The maximum absolute atomic E-state index is 12.4. The molecule has 0 heterocycles. The second kappa shape index (κ2) is 9.20. The summed E-state index contributed by atoms with van der Waals surface area (Å²) in [6.45, 7) is 5.01. The van der Waals surface area contributed by atoms with Crippen molar-refractivity contribution in [1.82, 2.24) is 5.32 Å². The Hall–Kier alpha value is -3.35. The van der Waals surface area contributed by atoms with E-state index in [1.165, 1.54) is 0 Å². The monoisotopic (exact) mass is 425 g/mol. The average molecular weight is 425 g/mol. The van der Waals surface area contributed by atoms with Crippen molar-refractivity contribution in [2.24, 2.45) is 5.92 Å². The van der Waals surface area contributed by atoms with Crippen LogP contribution in [-0.2, 0) is 19.1 Å². The number of carboxylic acid groups (broad SMARTS) is 1. The highest BCUT2D eigenvalue weighted by atomic mass is 16.6. The summed E-state index contributed by atoms with van der Waals surface area (Å²) < 4.78 is 10.6. The first-order chi connectivity index (χ1) is 14.7. The first-order valence-corrected chi connectivity index (χ1v) is 10.2. The maximum Gasteiger partial charge on any atom is 0.407 e. The molecule has 7 heteroatoms. The van der Waals surface area contributed by atoms with Gasteiger partial charge in [-0.1, -0.05) is 48.5 Å². The normalized spacial score (nSPS) is 13.6. The highest BCUT2D eigenvalue weighted by molar-refractivity contribution is 5.81. The first kappa shape index (κ1) is 22.3. The van der Waals surface area contributed by atoms with E-state index in [0.29, 0.717) is 0 Å². The highest BCUT2D eigenvalue weighted by Gasteiger charge is 2.30. The first-order valence-electron chi connectivity index (χ1n) is 10.2. The molecule has 1 aliphatic carbocycles. The van der Waals surface area contributed by atoms with Crippen LogP contribution in [0.3, 0.4) is 0 Å². The lowest BCUT2D eigenvalue weighted by Gasteiger charge is -2.21. The van der Waals surface area contributed by atoms with E-state index in [9.17, 15) is 19.5 Å². The molecular formula is C24H27NO6. The van der Waals surface area contributed by atoms with Gasteiger partial charge in [0, 0.05) is 12.5 Å². The topological polar surface area (TPSA) is 102 Å². The minimum atomic E-state index is -1.19. The number of hydrogen-bond acceptors (Lipinski definition) is 5. The van der Waals surface area contributed by atoms with Crippen molar-refractivity contribution >= 4 is 18.0 Å². The van der Waals surface area contributed by atoms with Crippen LogP contribution in [0.4, 0.5) is 4.79 Å². The molecule has 0 saturated carbocycles. The minimum Gasteiger partial charge on any atom is -0.481 e. The van der Waals surface area contributed by atoms with Gasteiger partial charge < -0.3 is 19.9 Å². The number of carbonyl (C=O) groups is 3. The van der Waals surface area contributed by atoms with E-state index < -0.39 is 29.6 Å². The SMILES string of the molecule is CC(C)(C)OC(=O)NC[C@H](CC(=O)OCC1c2ccccc2-c2ccccc21)C(=O)O. The Labute approximate surface area is 181 Å². The molecule has 0 saturated heterocycles. The zero-order chi connectivity index (χ0) is 22.6. The van der Waals surface area contributed by atoms with Crippen molar-refractivity contribution in [3.63, 3.8) is 0 Å². The van der Waals surface area contributed by atoms with Gasteiger partial charge in [0.25, 0.3) is 0 Å². The van der Waals surface area contributed by atoms with Gasteiger partial charge in [-0.2, -0.15) is 0 Å². The molecule has 1 aliphatic rings. The number of ether oxygens (including phenoxy) is 2. The van der Waals surface area contributed by atoms with Crippen LogP contribution >= 0.6 is 0 Å². The number of carbonyl (C=O) groups excluding carboxylic acids is 2. The predicted octanol–water partition coefficient (Wildman–Crippen LogP) is 3.96. The molecule has 0 radical (unpaired) electrons. The van der Waals surface area contributed by atoms with Crippen LogP contribution < -0.4 is 5.32 Å². The summed E-state index contributed by atoms with van der Waals surface area (Å²) in [6.07, 6.45) is -1.08. The van der Waals surface area contributed by atoms with E-state index in [1.807, 2.05) is 48.5 Å². The molecule has 0 fully saturated rings. The van der Waals surface area contributed by atoms with Crippen LogP contribution in [0, 0.1) is 5.92 Å². The molecule has 3 rings (SSSR count). The van der Waals surface area contributed by atoms with Crippen molar-refractivity contribution in [2.45, 2.75) is 38.7 Å². The number of esters is 1. The third-order valence-electron chi connectivity index (χ3n) is 5.03. The van der Waals surface area contributed by atoms with Crippen LogP contribution in [0.15, 0.2) is 48.5 Å². The number of carboxylic acids is 1. The highest BCUT2D eigenvalue weighted by Crippen LogP contribution is 2.44. The van der Waals surface area contributed by atoms with Gasteiger partial charge in [-0.25, -0.2) is 4.79 Å². The van der Waals surface area contributed by atoms with E-state index in [1.54, 1.807) is 20.8 Å². The molecule has 1 atom stereocenters. The van der Waals surface area contributed by atoms with Crippen molar-refractivity contribution in [1.29, 1.82) is 0 Å². The second-order valence-electron chi connectivity index (χ2n) is 8.53. The standard InChI is InChI=1S/C24H27NO6/c1-24(2,3)31-23(29)25-13-15(22(27)28)12-21(26)30-14-20-18-10-6-4-8-16(18)17-9-5-7-11-19(17)20/h4-11,15,20H,12-14H2,1-3H3,(H,25,29)(H,27,28)/t15-/m0/s1. The van der Waals surface area contributed by atoms with Gasteiger partial charge >= 0.3 is 18.0 Å². The van der Waals surface area contributed by atoms with Gasteiger partial charge in [0.2, 0.25) is 0 Å². The number of fused-ring (bicyclic) bond motifs is 3. The Morgan fingerprint density at radius 1 is 1.00 bits per heavy atom. The Morgan fingerprint density at radius 3 is 2.06 bits per heavy atom. The largest absolute Gasteiger partial charge is 0.481 e. The molecular weight excluding hydrogens is 398 g/mol. The number of aliphatic carboxylic acids is 1. The molecule has 0 aromatic heterocycles. The van der Waals surface area contributed by atoms with Crippen molar-refractivity contribution in [3.05, 3.63) is 59.7 Å². The van der Waals surface area contributed by atoms with E-state index in [0.717, 1.165) is 22.3 Å². The molecule has 0 unspecified atom stereocenters. The fourth-order valence-corrected chi connectivity index (χ4v) is 3.64. The fourth-order valence-electron chi connectivity index (χ4n) is 3.64. The number of benzene rings is 2. The Bertz CT molecular complexity index is 933. The summed E-state index contributed by atoms with van der Waals surface area (Å²) >= 11 is 0. The zero-order valence-corrected chi connectivity index (χ0v) is 17.9. The summed E-state index contributed by atoms with van der Waals surface area (Å²) in [5.74, 6) is -3.02. The molecule has 0 aliphatic heterocycles. The minimum absolute atomic E-state index is 0.0977. The molecule has 31 heavy (non-hydrogen) atoms. The molecule has 2 aromatic carbocycles. The molecule has 7 nitrogen and oxygen atoms in total. The number of alkyl carbamates (subject to hydrolysis) is 1. The number of hydrogen-bond donors (Lipinski definition) is 2. The number of rotatable bonds is 7. The van der Waals surface area contributed by atoms with Crippen molar-refractivity contribution in [3.8, 4) is 11.1 Å².